The summed E-state index contributed by atoms with van der Waals surface area (Å²) in [6.45, 7) is 0. The molecule has 72 valence electrons. The first-order valence-corrected chi connectivity index (χ1v) is 4.46. The van der Waals surface area contributed by atoms with Crippen molar-refractivity contribution in [3.63, 3.8) is 0 Å². The molecule has 3 heteroatoms. The maximum atomic E-state index is 13.3. The van der Waals surface area contributed by atoms with Crippen LogP contribution in [0.25, 0.3) is 5.57 Å². The summed E-state index contributed by atoms with van der Waals surface area (Å²) < 4.78 is 13.3. The van der Waals surface area contributed by atoms with Gasteiger partial charge in [-0.3, -0.25) is 4.79 Å². The largest absolute Gasteiger partial charge is 0.366 e. The van der Waals surface area contributed by atoms with Crippen LogP contribution in [0, 0.1) is 5.82 Å². The fraction of sp³-hybridized carbons (Fsp3) is 0.182. The van der Waals surface area contributed by atoms with Crippen molar-refractivity contribution in [1.82, 2.24) is 0 Å². The summed E-state index contributed by atoms with van der Waals surface area (Å²) in [5.41, 5.74) is 7.42. The highest BCUT2D eigenvalue weighted by atomic mass is 19.1. The fourth-order valence-corrected chi connectivity index (χ4v) is 1.83. The topological polar surface area (TPSA) is 43.1 Å². The van der Waals surface area contributed by atoms with E-state index in [0.29, 0.717) is 18.4 Å². The Hall–Kier alpha value is -1.64. The summed E-state index contributed by atoms with van der Waals surface area (Å²) in [6.07, 6.45) is 2.73. The molecule has 0 aliphatic heterocycles. The van der Waals surface area contributed by atoms with Gasteiger partial charge in [-0.25, -0.2) is 4.39 Å². The molecule has 0 atom stereocenters. The van der Waals surface area contributed by atoms with Crippen molar-refractivity contribution >= 4 is 11.5 Å². The molecule has 1 aliphatic rings. The lowest BCUT2D eigenvalue weighted by atomic mass is 10.1. The van der Waals surface area contributed by atoms with E-state index in [-0.39, 0.29) is 5.82 Å². The molecule has 0 saturated heterocycles. The van der Waals surface area contributed by atoms with Gasteiger partial charge in [0.2, 0.25) is 5.91 Å². The minimum atomic E-state index is -0.475. The molecule has 14 heavy (non-hydrogen) atoms. The molecule has 2 N–H and O–H groups in total. The van der Waals surface area contributed by atoms with Crippen molar-refractivity contribution in [2.75, 3.05) is 0 Å². The normalized spacial score (nSPS) is 17.1. The molecule has 0 radical (unpaired) electrons. The van der Waals surface area contributed by atoms with Crippen molar-refractivity contribution in [2.45, 2.75) is 12.8 Å². The van der Waals surface area contributed by atoms with Crippen molar-refractivity contribution in [3.05, 3.63) is 41.2 Å². The second-order valence-electron chi connectivity index (χ2n) is 3.34. The van der Waals surface area contributed by atoms with E-state index in [1.54, 1.807) is 6.07 Å². The van der Waals surface area contributed by atoms with Crippen LogP contribution in [-0.4, -0.2) is 5.91 Å². The zero-order valence-corrected chi connectivity index (χ0v) is 7.59. The summed E-state index contributed by atoms with van der Waals surface area (Å²) >= 11 is 0. The van der Waals surface area contributed by atoms with Crippen molar-refractivity contribution < 1.29 is 9.18 Å². The molecular weight excluding hydrogens is 181 g/mol. The third-order valence-corrected chi connectivity index (χ3v) is 2.43. The predicted octanol–water partition coefficient (Wildman–Crippen LogP) is 1.64. The van der Waals surface area contributed by atoms with Crippen molar-refractivity contribution in [2.24, 2.45) is 5.73 Å². The van der Waals surface area contributed by atoms with E-state index in [1.165, 1.54) is 12.1 Å². The number of fused-ring (bicyclic) bond motifs is 1. The molecule has 0 saturated carbocycles. The van der Waals surface area contributed by atoms with Gasteiger partial charge in [0.1, 0.15) is 5.82 Å². The van der Waals surface area contributed by atoms with Crippen LogP contribution >= 0.6 is 0 Å². The molecule has 0 spiro atoms. The molecule has 1 aromatic carbocycles. The number of nitrogens with two attached hydrogens (primary N) is 1. The van der Waals surface area contributed by atoms with Gasteiger partial charge in [0.25, 0.3) is 0 Å². The maximum absolute atomic E-state index is 13.3. The zero-order chi connectivity index (χ0) is 10.1. The van der Waals surface area contributed by atoms with E-state index < -0.39 is 5.91 Å². The first kappa shape index (κ1) is 8.94. The zero-order valence-electron chi connectivity index (χ0n) is 7.59. The molecule has 0 unspecified atom stereocenters. The summed E-state index contributed by atoms with van der Waals surface area (Å²) in [5, 5.41) is 0. The van der Waals surface area contributed by atoms with Gasteiger partial charge >= 0.3 is 0 Å². The quantitative estimate of drug-likeness (QED) is 0.674. The van der Waals surface area contributed by atoms with E-state index in [2.05, 4.69) is 0 Å². The summed E-state index contributed by atoms with van der Waals surface area (Å²) in [5.74, 6) is -0.674. The van der Waals surface area contributed by atoms with Crippen LogP contribution in [0.4, 0.5) is 4.39 Å². The van der Waals surface area contributed by atoms with Crippen LogP contribution in [-0.2, 0) is 11.2 Å². The molecule has 2 rings (SSSR count). The highest BCUT2D eigenvalue weighted by molar-refractivity contribution is 5.95. The van der Waals surface area contributed by atoms with Crippen molar-refractivity contribution in [1.29, 1.82) is 0 Å². The number of allylic oxidation sites excluding steroid dienone is 1. The number of hydrogen-bond acceptors (Lipinski definition) is 1. The number of primary amides is 1. The van der Waals surface area contributed by atoms with E-state index in [4.69, 9.17) is 5.73 Å². The Labute approximate surface area is 81.2 Å². The fourth-order valence-electron chi connectivity index (χ4n) is 1.83. The first-order chi connectivity index (χ1) is 6.68. The first-order valence-electron chi connectivity index (χ1n) is 4.46. The van der Waals surface area contributed by atoms with Crippen LogP contribution in [0.1, 0.15) is 17.5 Å². The monoisotopic (exact) mass is 191 g/mol. The molecule has 1 amide bonds. The van der Waals surface area contributed by atoms with E-state index >= 15 is 0 Å². The second kappa shape index (κ2) is 3.25. The lowest BCUT2D eigenvalue weighted by molar-refractivity contribution is -0.113. The number of benzene rings is 1. The lowest BCUT2D eigenvalue weighted by Gasteiger charge is -2.00. The second-order valence-corrected chi connectivity index (χ2v) is 3.34. The molecule has 0 bridgehead atoms. The SMILES string of the molecule is NC(=O)/C=C1\CCc2c(F)cccc21. The van der Waals surface area contributed by atoms with Gasteiger partial charge < -0.3 is 5.73 Å². The van der Waals surface area contributed by atoms with Crippen LogP contribution in [0.15, 0.2) is 24.3 Å². The number of amides is 1. The molecule has 0 fully saturated rings. The highest BCUT2D eigenvalue weighted by Gasteiger charge is 2.19. The number of halogens is 1. The van der Waals surface area contributed by atoms with Crippen LogP contribution < -0.4 is 5.73 Å². The average molecular weight is 191 g/mol. The summed E-state index contributed by atoms with van der Waals surface area (Å²) in [4.78, 5) is 10.7. The number of carbonyl (C=O) groups excluding carboxylic acids is 1. The average Bonchev–Trinajstić information content (AvgIpc) is 2.49. The predicted molar refractivity (Wildman–Crippen MR) is 51.9 cm³/mol. The third-order valence-electron chi connectivity index (χ3n) is 2.43. The molecular formula is C11H10FNO. The van der Waals surface area contributed by atoms with Gasteiger partial charge in [-0.2, -0.15) is 0 Å². The molecule has 2 nitrogen and oxygen atoms in total. The Morgan fingerprint density at radius 1 is 1.43 bits per heavy atom. The van der Waals surface area contributed by atoms with Crippen LogP contribution in [0.3, 0.4) is 0 Å². The van der Waals surface area contributed by atoms with E-state index in [9.17, 15) is 9.18 Å². The Morgan fingerprint density at radius 3 is 2.93 bits per heavy atom. The standard InChI is InChI=1S/C11H10FNO/c12-10-3-1-2-8-7(6-11(13)14)4-5-9(8)10/h1-3,6H,4-5H2,(H2,13,14)/b7-6+. The molecule has 0 aromatic heterocycles. The van der Waals surface area contributed by atoms with Gasteiger partial charge in [0.05, 0.1) is 0 Å². The number of rotatable bonds is 1. The van der Waals surface area contributed by atoms with Crippen molar-refractivity contribution in [3.8, 4) is 0 Å². The summed E-state index contributed by atoms with van der Waals surface area (Å²) in [7, 11) is 0. The smallest absolute Gasteiger partial charge is 0.241 e. The lowest BCUT2D eigenvalue weighted by Crippen LogP contribution is -2.06. The Bertz CT molecular complexity index is 423. The molecule has 1 aromatic rings. The Morgan fingerprint density at radius 2 is 2.21 bits per heavy atom. The third kappa shape index (κ3) is 1.41. The minimum Gasteiger partial charge on any atom is -0.366 e. The van der Waals surface area contributed by atoms with E-state index in [1.807, 2.05) is 6.07 Å². The van der Waals surface area contributed by atoms with Gasteiger partial charge in [-0.15, -0.1) is 0 Å². The van der Waals surface area contributed by atoms with E-state index in [0.717, 1.165) is 11.1 Å². The maximum Gasteiger partial charge on any atom is 0.241 e. The van der Waals surface area contributed by atoms with Gasteiger partial charge in [-0.1, -0.05) is 12.1 Å². The number of carbonyl (C=O) groups is 1. The minimum absolute atomic E-state index is 0.199. The molecule has 1 aliphatic carbocycles. The Balaban J connectivity index is 2.50. The number of hydrogen-bond donors (Lipinski definition) is 1. The van der Waals surface area contributed by atoms with Crippen LogP contribution in [0.5, 0.6) is 0 Å². The highest BCUT2D eigenvalue weighted by Crippen LogP contribution is 2.33. The molecule has 0 heterocycles. The van der Waals surface area contributed by atoms with Crippen LogP contribution in [0.2, 0.25) is 0 Å². The van der Waals surface area contributed by atoms with Gasteiger partial charge in [0, 0.05) is 6.08 Å². The Kier molecular flexibility index (Phi) is 2.08. The van der Waals surface area contributed by atoms with Gasteiger partial charge in [0.15, 0.2) is 0 Å². The summed E-state index contributed by atoms with van der Waals surface area (Å²) in [6, 6.07) is 4.90. The van der Waals surface area contributed by atoms with Gasteiger partial charge in [-0.05, 0) is 35.6 Å².